The van der Waals surface area contributed by atoms with Crippen LogP contribution in [0.2, 0.25) is 5.02 Å². The highest BCUT2D eigenvalue weighted by Crippen LogP contribution is 2.33. The summed E-state index contributed by atoms with van der Waals surface area (Å²) in [7, 11) is 3.04. The number of hydrogen-bond donors (Lipinski definition) is 1. The fraction of sp³-hybridized carbons (Fsp3) is 0.130. The summed E-state index contributed by atoms with van der Waals surface area (Å²) < 4.78 is 18.0. The molecule has 6 nitrogen and oxygen atoms in total. The van der Waals surface area contributed by atoms with Gasteiger partial charge in [-0.3, -0.25) is 4.79 Å². The number of hydrogen-bond acceptors (Lipinski definition) is 5. The number of halogens is 3. The van der Waals surface area contributed by atoms with Gasteiger partial charge in [0.05, 0.1) is 24.9 Å². The zero-order valence-corrected chi connectivity index (χ0v) is 21.1. The Morgan fingerprint density at radius 1 is 1.06 bits per heavy atom. The number of methoxy groups -OCH3 is 2. The third-order valence-corrected chi connectivity index (χ3v) is 5.61. The lowest BCUT2D eigenvalue weighted by Crippen LogP contribution is -2.17. The first kappa shape index (κ1) is 24.1. The van der Waals surface area contributed by atoms with Crippen LogP contribution < -0.4 is 19.6 Å². The second-order valence-corrected chi connectivity index (χ2v) is 8.70. The van der Waals surface area contributed by atoms with E-state index in [1.54, 1.807) is 24.3 Å². The molecule has 0 aliphatic carbocycles. The molecule has 3 aromatic carbocycles. The minimum Gasteiger partial charge on any atom is -0.493 e. The van der Waals surface area contributed by atoms with Crippen LogP contribution in [0.1, 0.15) is 21.5 Å². The van der Waals surface area contributed by atoms with Crippen molar-refractivity contribution in [1.29, 1.82) is 0 Å². The summed E-state index contributed by atoms with van der Waals surface area (Å²) in [5.41, 5.74) is 4.49. The molecule has 0 saturated heterocycles. The number of carbonyl (C=O) groups is 1. The van der Waals surface area contributed by atoms with Crippen molar-refractivity contribution in [3.8, 4) is 17.2 Å². The highest BCUT2D eigenvalue weighted by molar-refractivity contribution is 9.11. The van der Waals surface area contributed by atoms with Crippen LogP contribution in [0.5, 0.6) is 17.2 Å². The number of carbonyl (C=O) groups excluding carboxylic acids is 1. The van der Waals surface area contributed by atoms with Crippen molar-refractivity contribution >= 4 is 55.6 Å². The van der Waals surface area contributed by atoms with Gasteiger partial charge in [0.1, 0.15) is 12.4 Å². The summed E-state index contributed by atoms with van der Waals surface area (Å²) in [5.74, 6) is 1.18. The van der Waals surface area contributed by atoms with Gasteiger partial charge in [0, 0.05) is 20.6 Å². The molecule has 0 saturated carbocycles. The Morgan fingerprint density at radius 3 is 2.56 bits per heavy atom. The molecule has 3 aromatic rings. The molecule has 1 N–H and O–H groups in total. The van der Waals surface area contributed by atoms with E-state index in [4.69, 9.17) is 25.8 Å². The molecule has 32 heavy (non-hydrogen) atoms. The number of ether oxygens (including phenoxy) is 3. The highest BCUT2D eigenvalue weighted by atomic mass is 79.9. The number of hydrazone groups is 1. The van der Waals surface area contributed by atoms with E-state index in [0.29, 0.717) is 40.0 Å². The highest BCUT2D eigenvalue weighted by Gasteiger charge is 2.12. The normalized spacial score (nSPS) is 10.8. The molecule has 0 aliphatic rings. The van der Waals surface area contributed by atoms with Crippen LogP contribution in [0.15, 0.2) is 68.6 Å². The molecule has 0 heterocycles. The summed E-state index contributed by atoms with van der Waals surface area (Å²) in [4.78, 5) is 12.5. The van der Waals surface area contributed by atoms with Gasteiger partial charge in [-0.05, 0) is 64.0 Å². The van der Waals surface area contributed by atoms with E-state index in [0.717, 1.165) is 14.5 Å². The summed E-state index contributed by atoms with van der Waals surface area (Å²) in [5, 5.41) is 4.73. The van der Waals surface area contributed by atoms with E-state index >= 15 is 0 Å². The largest absolute Gasteiger partial charge is 0.493 e. The molecule has 0 atom stereocenters. The van der Waals surface area contributed by atoms with Crippen molar-refractivity contribution in [2.24, 2.45) is 5.10 Å². The van der Waals surface area contributed by atoms with Gasteiger partial charge in [0.15, 0.2) is 11.5 Å². The maximum Gasteiger partial charge on any atom is 0.271 e. The molecule has 0 fully saturated rings. The standard InChI is InChI=1S/C23H19Br2ClN2O4/c1-30-20-7-6-15(10-21(20)31-2)23(29)28-27-12-16-9-17(24)11-19(25)22(16)32-13-14-4-3-5-18(26)8-14/h3-12H,13H2,1-2H3,(H,28,29)/b27-12+. The summed E-state index contributed by atoms with van der Waals surface area (Å²) >= 11 is 13.0. The smallest absolute Gasteiger partial charge is 0.271 e. The first-order chi connectivity index (χ1) is 15.4. The second kappa shape index (κ2) is 11.4. The Morgan fingerprint density at radius 2 is 1.84 bits per heavy atom. The maximum atomic E-state index is 12.5. The molecule has 0 aromatic heterocycles. The molecule has 0 bridgehead atoms. The van der Waals surface area contributed by atoms with Crippen molar-refractivity contribution in [3.05, 3.63) is 85.3 Å². The maximum absolute atomic E-state index is 12.5. The van der Waals surface area contributed by atoms with Crippen molar-refractivity contribution in [2.75, 3.05) is 14.2 Å². The molecular weight excluding hydrogens is 564 g/mol. The molecule has 0 aliphatic heterocycles. The van der Waals surface area contributed by atoms with Crippen molar-refractivity contribution < 1.29 is 19.0 Å². The molecule has 0 unspecified atom stereocenters. The third-order valence-electron chi connectivity index (χ3n) is 4.32. The van der Waals surface area contributed by atoms with Gasteiger partial charge in [-0.25, -0.2) is 5.43 Å². The van der Waals surface area contributed by atoms with Crippen LogP contribution in [-0.4, -0.2) is 26.3 Å². The van der Waals surface area contributed by atoms with Crippen LogP contribution >= 0.6 is 43.5 Å². The Hall–Kier alpha value is -2.55. The summed E-state index contributed by atoms with van der Waals surface area (Å²) in [6.45, 7) is 0.319. The lowest BCUT2D eigenvalue weighted by molar-refractivity contribution is 0.0954. The van der Waals surface area contributed by atoms with Crippen molar-refractivity contribution in [1.82, 2.24) is 5.43 Å². The van der Waals surface area contributed by atoms with Gasteiger partial charge in [-0.15, -0.1) is 0 Å². The van der Waals surface area contributed by atoms with E-state index in [1.807, 2.05) is 30.3 Å². The first-order valence-corrected chi connectivity index (χ1v) is 11.3. The first-order valence-electron chi connectivity index (χ1n) is 9.33. The molecule has 0 spiro atoms. The molecular formula is C23H19Br2ClN2O4. The minimum atomic E-state index is -0.391. The zero-order chi connectivity index (χ0) is 23.1. The van der Waals surface area contributed by atoms with E-state index in [1.165, 1.54) is 20.4 Å². The average molecular weight is 583 g/mol. The predicted octanol–water partition coefficient (Wildman–Crippen LogP) is 6.23. The molecule has 3 rings (SSSR count). The van der Waals surface area contributed by atoms with Gasteiger partial charge in [0.25, 0.3) is 5.91 Å². The monoisotopic (exact) mass is 580 g/mol. The van der Waals surface area contributed by atoms with Crippen LogP contribution in [0, 0.1) is 0 Å². The fourth-order valence-electron chi connectivity index (χ4n) is 2.81. The lowest BCUT2D eigenvalue weighted by atomic mass is 10.2. The van der Waals surface area contributed by atoms with Crippen molar-refractivity contribution in [2.45, 2.75) is 6.61 Å². The van der Waals surface area contributed by atoms with Crippen LogP contribution in [0.3, 0.4) is 0 Å². The number of amides is 1. The summed E-state index contributed by atoms with van der Waals surface area (Å²) in [6.07, 6.45) is 1.52. The van der Waals surface area contributed by atoms with Gasteiger partial charge in [0.2, 0.25) is 0 Å². The lowest BCUT2D eigenvalue weighted by Gasteiger charge is -2.12. The van der Waals surface area contributed by atoms with Crippen molar-refractivity contribution in [3.63, 3.8) is 0 Å². The SMILES string of the molecule is COc1ccc(C(=O)N/N=C/c2cc(Br)cc(Br)c2OCc2cccc(Cl)c2)cc1OC. The number of benzene rings is 3. The van der Waals surface area contributed by atoms with Crippen LogP contribution in [0.25, 0.3) is 0 Å². The fourth-order valence-corrected chi connectivity index (χ4v) is 4.40. The quantitative estimate of drug-likeness (QED) is 0.253. The van der Waals surface area contributed by atoms with Gasteiger partial charge in [-0.2, -0.15) is 5.10 Å². The van der Waals surface area contributed by atoms with Gasteiger partial charge >= 0.3 is 0 Å². The number of nitrogens with zero attached hydrogens (tertiary/aromatic N) is 1. The molecule has 0 radical (unpaired) electrons. The number of nitrogens with one attached hydrogen (secondary N) is 1. The van der Waals surface area contributed by atoms with E-state index in [9.17, 15) is 4.79 Å². The Balaban J connectivity index is 1.75. The molecule has 166 valence electrons. The average Bonchev–Trinajstić information content (AvgIpc) is 2.77. The van der Waals surface area contributed by atoms with Crippen LogP contribution in [0.4, 0.5) is 0 Å². The minimum absolute atomic E-state index is 0.319. The second-order valence-electron chi connectivity index (χ2n) is 6.49. The van der Waals surface area contributed by atoms with Gasteiger partial charge in [-0.1, -0.05) is 39.7 Å². The van der Waals surface area contributed by atoms with E-state index in [-0.39, 0.29) is 0 Å². The molecule has 1 amide bonds. The molecule has 9 heteroatoms. The van der Waals surface area contributed by atoms with E-state index < -0.39 is 5.91 Å². The Labute approximate surface area is 207 Å². The third kappa shape index (κ3) is 6.25. The van der Waals surface area contributed by atoms with Gasteiger partial charge < -0.3 is 14.2 Å². The van der Waals surface area contributed by atoms with E-state index in [2.05, 4.69) is 42.4 Å². The van der Waals surface area contributed by atoms with Crippen LogP contribution in [-0.2, 0) is 6.61 Å². The number of rotatable bonds is 8. The predicted molar refractivity (Wildman–Crippen MR) is 132 cm³/mol. The summed E-state index contributed by atoms with van der Waals surface area (Å²) in [6, 6.07) is 16.0. The Bertz CT molecular complexity index is 1150. The topological polar surface area (TPSA) is 69.2 Å². The zero-order valence-electron chi connectivity index (χ0n) is 17.2. The Kier molecular flexibility index (Phi) is 8.55.